The van der Waals surface area contributed by atoms with Crippen molar-refractivity contribution in [3.05, 3.63) is 30.6 Å². The van der Waals surface area contributed by atoms with Crippen LogP contribution in [-0.2, 0) is 0 Å². The molecule has 0 aliphatic carbocycles. The van der Waals surface area contributed by atoms with Crippen LogP contribution in [0.25, 0.3) is 11.0 Å². The normalized spacial score (nSPS) is 9.67. The van der Waals surface area contributed by atoms with Gasteiger partial charge in [-0.05, 0) is 24.4 Å². The third-order valence-corrected chi connectivity index (χ3v) is 1.66. The van der Waals surface area contributed by atoms with Gasteiger partial charge in [0.25, 0.3) is 0 Å². The molecule has 0 radical (unpaired) electrons. The van der Waals surface area contributed by atoms with Crippen molar-refractivity contribution in [3.63, 3.8) is 0 Å². The Labute approximate surface area is 74.3 Å². The Morgan fingerprint density at radius 3 is 3.08 bits per heavy atom. The van der Waals surface area contributed by atoms with Gasteiger partial charge in [-0.2, -0.15) is 0 Å². The van der Waals surface area contributed by atoms with E-state index in [4.69, 9.17) is 0 Å². The minimum absolute atomic E-state index is 0.909. The molecule has 0 N–H and O–H groups in total. The number of fused-ring (bicyclic) bond motifs is 1. The summed E-state index contributed by atoms with van der Waals surface area (Å²) in [4.78, 5) is 4.12. The number of rotatable bonds is 1. The highest BCUT2D eigenvalue weighted by molar-refractivity contribution is 7.78. The molecular formula is C8H5N3S. The lowest BCUT2D eigenvalue weighted by atomic mass is 10.3. The number of benzene rings is 1. The van der Waals surface area contributed by atoms with Gasteiger partial charge in [-0.3, -0.25) is 0 Å². The fourth-order valence-corrected chi connectivity index (χ4v) is 1.16. The highest BCUT2D eigenvalue weighted by atomic mass is 32.1. The Morgan fingerprint density at radius 2 is 2.25 bits per heavy atom. The molecular weight excluding hydrogens is 170 g/mol. The lowest BCUT2D eigenvalue weighted by Crippen LogP contribution is -1.82. The first-order chi connectivity index (χ1) is 5.92. The van der Waals surface area contributed by atoms with Crippen LogP contribution in [0.3, 0.4) is 0 Å². The third-order valence-electron chi connectivity index (χ3n) is 1.58. The second kappa shape index (κ2) is 2.85. The molecule has 0 unspecified atom stereocenters. The first-order valence-corrected chi connectivity index (χ1v) is 3.83. The van der Waals surface area contributed by atoms with Crippen molar-refractivity contribution in [2.24, 2.45) is 5.10 Å². The van der Waals surface area contributed by atoms with Gasteiger partial charge in [-0.1, -0.05) is 12.1 Å². The number of hydrogen-bond acceptors (Lipinski definition) is 3. The molecule has 0 saturated heterocycles. The van der Waals surface area contributed by atoms with Crippen LogP contribution in [0.4, 0.5) is 0 Å². The second-order valence-electron chi connectivity index (χ2n) is 2.27. The van der Waals surface area contributed by atoms with Crippen LogP contribution in [0.5, 0.6) is 0 Å². The fraction of sp³-hybridized carbons (Fsp3) is 0. The summed E-state index contributed by atoms with van der Waals surface area (Å²) < 4.78 is 1.60. The molecule has 12 heavy (non-hydrogen) atoms. The van der Waals surface area contributed by atoms with Crippen molar-refractivity contribution in [1.82, 2.24) is 9.66 Å². The van der Waals surface area contributed by atoms with E-state index >= 15 is 0 Å². The monoisotopic (exact) mass is 175 g/mol. The van der Waals surface area contributed by atoms with Crippen molar-refractivity contribution in [2.75, 3.05) is 0 Å². The zero-order valence-electron chi connectivity index (χ0n) is 6.14. The van der Waals surface area contributed by atoms with Gasteiger partial charge in [0.15, 0.2) is 0 Å². The maximum absolute atomic E-state index is 4.50. The number of para-hydroxylation sites is 2. The summed E-state index contributed by atoms with van der Waals surface area (Å²) in [5, 5.41) is 6.11. The topological polar surface area (TPSA) is 30.2 Å². The van der Waals surface area contributed by atoms with Gasteiger partial charge in [0.2, 0.25) is 0 Å². The van der Waals surface area contributed by atoms with E-state index in [0.717, 1.165) is 11.0 Å². The molecule has 0 bridgehead atoms. The first kappa shape index (κ1) is 7.16. The smallest absolute Gasteiger partial charge is 0.119 e. The van der Waals surface area contributed by atoms with E-state index in [1.54, 1.807) is 11.0 Å². The van der Waals surface area contributed by atoms with E-state index < -0.39 is 0 Å². The number of nitrogens with zero attached hydrogens (tertiary/aromatic N) is 3. The summed E-state index contributed by atoms with van der Waals surface area (Å²) in [6.07, 6.45) is 1.62. The number of aromatic nitrogens is 2. The summed E-state index contributed by atoms with van der Waals surface area (Å²) in [6, 6.07) is 7.71. The van der Waals surface area contributed by atoms with Gasteiger partial charge in [-0.15, -0.1) is 5.10 Å². The number of hydrogen-bond donors (Lipinski definition) is 0. The van der Waals surface area contributed by atoms with Crippen molar-refractivity contribution in [1.29, 1.82) is 0 Å². The van der Waals surface area contributed by atoms with Gasteiger partial charge < -0.3 is 0 Å². The molecule has 0 saturated carbocycles. The molecule has 2 aromatic rings. The maximum atomic E-state index is 4.50. The minimum Gasteiger partial charge on any atom is -0.235 e. The van der Waals surface area contributed by atoms with Gasteiger partial charge in [0.1, 0.15) is 6.33 Å². The van der Waals surface area contributed by atoms with Crippen LogP contribution in [-0.4, -0.2) is 14.8 Å². The lowest BCUT2D eigenvalue weighted by molar-refractivity contribution is 0.919. The van der Waals surface area contributed by atoms with Gasteiger partial charge in [-0.25, -0.2) is 9.66 Å². The molecule has 0 amide bonds. The van der Waals surface area contributed by atoms with Crippen LogP contribution in [0, 0.1) is 0 Å². The number of imidazole rings is 1. The highest BCUT2D eigenvalue weighted by Gasteiger charge is 1.97. The van der Waals surface area contributed by atoms with Crippen LogP contribution in [0.1, 0.15) is 0 Å². The Morgan fingerprint density at radius 1 is 1.42 bits per heavy atom. The van der Waals surface area contributed by atoms with Crippen LogP contribution in [0.15, 0.2) is 35.7 Å². The molecule has 0 atom stereocenters. The molecule has 0 spiro atoms. The highest BCUT2D eigenvalue weighted by Crippen LogP contribution is 2.10. The zero-order chi connectivity index (χ0) is 8.39. The Hall–Kier alpha value is -1.51. The van der Waals surface area contributed by atoms with Crippen molar-refractivity contribution >= 4 is 28.4 Å². The summed E-state index contributed by atoms with van der Waals surface area (Å²) in [7, 11) is 0. The molecule has 58 valence electrons. The molecule has 0 fully saturated rings. The van der Waals surface area contributed by atoms with Crippen LogP contribution < -0.4 is 0 Å². The quantitative estimate of drug-likeness (QED) is 0.489. The number of isothiocyanates is 1. The molecule has 3 nitrogen and oxygen atoms in total. The van der Waals surface area contributed by atoms with E-state index in [1.165, 1.54) is 0 Å². The summed E-state index contributed by atoms with van der Waals surface area (Å²) in [5.41, 5.74) is 1.85. The van der Waals surface area contributed by atoms with Gasteiger partial charge in [0, 0.05) is 0 Å². The third kappa shape index (κ3) is 1.03. The minimum atomic E-state index is 0.909. The average molecular weight is 175 g/mol. The molecule has 1 aromatic heterocycles. The summed E-state index contributed by atoms with van der Waals surface area (Å²) in [5.74, 6) is 0. The molecule has 1 aromatic carbocycles. The molecule has 0 aliphatic heterocycles. The molecule has 1 heterocycles. The van der Waals surface area contributed by atoms with E-state index in [1.807, 2.05) is 24.3 Å². The zero-order valence-corrected chi connectivity index (χ0v) is 6.95. The van der Waals surface area contributed by atoms with E-state index in [9.17, 15) is 0 Å². The van der Waals surface area contributed by atoms with E-state index in [-0.39, 0.29) is 0 Å². The predicted octanol–water partition coefficient (Wildman–Crippen LogP) is 1.90. The van der Waals surface area contributed by atoms with E-state index in [2.05, 4.69) is 27.5 Å². The Kier molecular flexibility index (Phi) is 1.70. The number of thiocarbonyl (C=S) groups is 1. The standard InChI is InChI=1S/C8H5N3S/c12-6-10-11-5-9-7-3-1-2-4-8(7)11/h1-5H. The van der Waals surface area contributed by atoms with Gasteiger partial charge >= 0.3 is 0 Å². The van der Waals surface area contributed by atoms with Crippen LogP contribution >= 0.6 is 12.2 Å². The van der Waals surface area contributed by atoms with Crippen molar-refractivity contribution in [3.8, 4) is 0 Å². The Balaban J connectivity index is 2.78. The van der Waals surface area contributed by atoms with Crippen molar-refractivity contribution < 1.29 is 0 Å². The lowest BCUT2D eigenvalue weighted by Gasteiger charge is -1.89. The summed E-state index contributed by atoms with van der Waals surface area (Å²) in [6.45, 7) is 0. The first-order valence-electron chi connectivity index (χ1n) is 3.42. The molecule has 2 rings (SSSR count). The Bertz CT molecular complexity index is 454. The largest absolute Gasteiger partial charge is 0.235 e. The fourth-order valence-electron chi connectivity index (χ4n) is 1.07. The predicted molar refractivity (Wildman–Crippen MR) is 50.2 cm³/mol. The van der Waals surface area contributed by atoms with Gasteiger partial charge in [0.05, 0.1) is 16.2 Å². The second-order valence-corrected chi connectivity index (χ2v) is 2.45. The van der Waals surface area contributed by atoms with Crippen molar-refractivity contribution in [2.45, 2.75) is 0 Å². The SMILES string of the molecule is S=C=Nn1cnc2ccccc21. The summed E-state index contributed by atoms with van der Waals surface area (Å²) >= 11 is 4.50. The van der Waals surface area contributed by atoms with E-state index in [0.29, 0.717) is 0 Å². The molecule has 4 heteroatoms. The molecule has 0 aliphatic rings. The van der Waals surface area contributed by atoms with Crippen LogP contribution in [0.2, 0.25) is 0 Å². The maximum Gasteiger partial charge on any atom is 0.119 e. The average Bonchev–Trinajstić information content (AvgIpc) is 2.50.